The van der Waals surface area contributed by atoms with E-state index in [1.165, 1.54) is 71.5 Å². The van der Waals surface area contributed by atoms with Gasteiger partial charge in [0, 0.05) is 33.1 Å². The van der Waals surface area contributed by atoms with Crippen molar-refractivity contribution in [2.45, 2.75) is 0 Å². The molecule has 0 unspecified atom stereocenters. The monoisotopic (exact) mass is 840 g/mol. The predicted molar refractivity (Wildman–Crippen MR) is 280 cm³/mol. The Bertz CT molecular complexity index is 3630. The molecule has 310 valence electrons. The maximum Gasteiger partial charge on any atom is 0.0541 e. The Morgan fingerprint density at radius 3 is 1.39 bits per heavy atom. The first kappa shape index (κ1) is 38.9. The highest BCUT2D eigenvalue weighted by Crippen LogP contribution is 2.47. The number of rotatable bonds is 9. The largest absolute Gasteiger partial charge is 0.310 e. The van der Waals surface area contributed by atoms with Crippen LogP contribution in [0.15, 0.2) is 267 Å². The van der Waals surface area contributed by atoms with E-state index in [1.54, 1.807) is 0 Å². The van der Waals surface area contributed by atoms with Crippen LogP contribution in [0.3, 0.4) is 0 Å². The predicted octanol–water partition coefficient (Wildman–Crippen LogP) is 17.7. The standard InChI is InChI=1S/C64H44N2/c1-4-19-45(20-5-1)47-35-37-49(38-36-47)53-41-42-64(56-28-11-10-27-54(53)56)65(51-26-18-25-50(43-51)46-21-6-2-7-22-46)52-39-40-55(60(44-52)48-23-8-3-9-24-48)57-29-12-15-32-61(57)66-62-33-16-13-30-58(62)59-31-14-17-34-63(59)66/h1-44H. The van der Waals surface area contributed by atoms with Crippen molar-refractivity contribution < 1.29 is 0 Å². The fraction of sp³-hybridized carbons (Fsp3) is 0. The molecule has 0 atom stereocenters. The average molecular weight is 841 g/mol. The van der Waals surface area contributed by atoms with Crippen molar-refractivity contribution >= 4 is 49.6 Å². The second-order valence-electron chi connectivity index (χ2n) is 16.9. The number of para-hydroxylation sites is 3. The summed E-state index contributed by atoms with van der Waals surface area (Å²) in [5.41, 5.74) is 18.6. The molecule has 0 aliphatic carbocycles. The van der Waals surface area contributed by atoms with Crippen LogP contribution >= 0.6 is 0 Å². The van der Waals surface area contributed by atoms with E-state index in [9.17, 15) is 0 Å². The van der Waals surface area contributed by atoms with Crippen LogP contribution in [0.5, 0.6) is 0 Å². The molecular formula is C64H44N2. The van der Waals surface area contributed by atoms with Gasteiger partial charge in [-0.15, -0.1) is 0 Å². The molecule has 0 aliphatic heterocycles. The van der Waals surface area contributed by atoms with Crippen molar-refractivity contribution in [2.24, 2.45) is 0 Å². The van der Waals surface area contributed by atoms with Crippen molar-refractivity contribution in [1.29, 1.82) is 0 Å². The van der Waals surface area contributed by atoms with Crippen LogP contribution in [0.2, 0.25) is 0 Å². The van der Waals surface area contributed by atoms with Gasteiger partial charge < -0.3 is 9.47 Å². The Morgan fingerprint density at radius 1 is 0.242 bits per heavy atom. The summed E-state index contributed by atoms with van der Waals surface area (Å²) < 4.78 is 2.44. The Kier molecular flexibility index (Phi) is 9.89. The number of fused-ring (bicyclic) bond motifs is 4. The van der Waals surface area contributed by atoms with Crippen molar-refractivity contribution in [3.63, 3.8) is 0 Å². The summed E-state index contributed by atoms with van der Waals surface area (Å²) in [5, 5.41) is 4.87. The molecule has 0 spiro atoms. The summed E-state index contributed by atoms with van der Waals surface area (Å²) in [4.78, 5) is 2.45. The zero-order valence-electron chi connectivity index (χ0n) is 36.3. The van der Waals surface area contributed by atoms with Crippen LogP contribution in [-0.4, -0.2) is 4.57 Å². The summed E-state index contributed by atoms with van der Waals surface area (Å²) in [5.74, 6) is 0. The van der Waals surface area contributed by atoms with Crippen LogP contribution in [0.4, 0.5) is 17.1 Å². The molecule has 0 fully saturated rings. The maximum absolute atomic E-state index is 2.45. The van der Waals surface area contributed by atoms with Gasteiger partial charge in [-0.25, -0.2) is 0 Å². The van der Waals surface area contributed by atoms with Crippen LogP contribution in [0, 0.1) is 0 Å². The maximum atomic E-state index is 2.45. The number of hydrogen-bond acceptors (Lipinski definition) is 1. The third kappa shape index (κ3) is 6.93. The topological polar surface area (TPSA) is 8.17 Å². The molecule has 11 aromatic carbocycles. The highest BCUT2D eigenvalue weighted by Gasteiger charge is 2.22. The Morgan fingerprint density at radius 2 is 0.712 bits per heavy atom. The summed E-state index contributed by atoms with van der Waals surface area (Å²) in [7, 11) is 0. The Balaban J connectivity index is 1.07. The molecule has 0 radical (unpaired) electrons. The lowest BCUT2D eigenvalue weighted by Crippen LogP contribution is -2.11. The molecule has 12 rings (SSSR count). The molecule has 0 aliphatic rings. The van der Waals surface area contributed by atoms with Crippen LogP contribution in [-0.2, 0) is 0 Å². The molecular weight excluding hydrogens is 797 g/mol. The SMILES string of the molecule is c1ccc(-c2ccc(-c3ccc(N(c4cccc(-c5ccccc5)c4)c4ccc(-c5ccccc5-n5c6ccccc6c6ccccc65)c(-c5ccccc5)c4)c4ccccc34)cc2)cc1. The second-order valence-corrected chi connectivity index (χ2v) is 16.9. The highest BCUT2D eigenvalue weighted by molar-refractivity contribution is 6.10. The van der Waals surface area contributed by atoms with E-state index in [1.807, 2.05) is 0 Å². The highest BCUT2D eigenvalue weighted by atomic mass is 15.1. The van der Waals surface area contributed by atoms with Gasteiger partial charge in [0.25, 0.3) is 0 Å². The summed E-state index contributed by atoms with van der Waals surface area (Å²) >= 11 is 0. The fourth-order valence-electron chi connectivity index (χ4n) is 9.93. The fourth-order valence-corrected chi connectivity index (χ4v) is 9.93. The molecule has 0 bridgehead atoms. The van der Waals surface area contributed by atoms with E-state index in [-0.39, 0.29) is 0 Å². The zero-order valence-corrected chi connectivity index (χ0v) is 36.3. The van der Waals surface area contributed by atoms with Gasteiger partial charge in [0.05, 0.1) is 22.4 Å². The Hall–Kier alpha value is -8.72. The lowest BCUT2D eigenvalue weighted by Gasteiger charge is -2.29. The van der Waals surface area contributed by atoms with Crippen molar-refractivity contribution in [2.75, 3.05) is 4.90 Å². The van der Waals surface area contributed by atoms with Gasteiger partial charge in [-0.3, -0.25) is 0 Å². The number of anilines is 3. The quantitative estimate of drug-likeness (QED) is 0.141. The zero-order chi connectivity index (χ0) is 43.8. The average Bonchev–Trinajstić information content (AvgIpc) is 3.74. The normalized spacial score (nSPS) is 11.3. The van der Waals surface area contributed by atoms with E-state index in [4.69, 9.17) is 0 Å². The lowest BCUT2D eigenvalue weighted by atomic mass is 9.92. The Labute approximate surface area is 385 Å². The first-order chi connectivity index (χ1) is 32.8. The third-order valence-corrected chi connectivity index (χ3v) is 13.0. The van der Waals surface area contributed by atoms with E-state index in [0.29, 0.717) is 0 Å². The number of hydrogen-bond donors (Lipinski definition) is 0. The molecule has 12 aromatic rings. The van der Waals surface area contributed by atoms with Crippen molar-refractivity contribution in [1.82, 2.24) is 4.57 Å². The molecule has 0 N–H and O–H groups in total. The molecule has 1 aromatic heterocycles. The van der Waals surface area contributed by atoms with E-state index >= 15 is 0 Å². The number of benzene rings is 11. The molecule has 0 amide bonds. The van der Waals surface area contributed by atoms with Gasteiger partial charge in [-0.2, -0.15) is 0 Å². The summed E-state index contributed by atoms with van der Waals surface area (Å²) in [6.45, 7) is 0. The van der Waals surface area contributed by atoms with Gasteiger partial charge in [0.2, 0.25) is 0 Å². The first-order valence-electron chi connectivity index (χ1n) is 22.7. The summed E-state index contributed by atoms with van der Waals surface area (Å²) in [6.07, 6.45) is 0. The van der Waals surface area contributed by atoms with Gasteiger partial charge in [0.15, 0.2) is 0 Å². The molecule has 2 heteroatoms. The van der Waals surface area contributed by atoms with Crippen molar-refractivity contribution in [3.8, 4) is 61.3 Å². The van der Waals surface area contributed by atoms with Crippen molar-refractivity contribution in [3.05, 3.63) is 267 Å². The summed E-state index contributed by atoms with van der Waals surface area (Å²) in [6, 6.07) is 97.0. The first-order valence-corrected chi connectivity index (χ1v) is 22.7. The number of aromatic nitrogens is 1. The van der Waals surface area contributed by atoms with Crippen LogP contribution in [0.1, 0.15) is 0 Å². The molecule has 66 heavy (non-hydrogen) atoms. The molecule has 1 heterocycles. The smallest absolute Gasteiger partial charge is 0.0541 e. The van der Waals surface area contributed by atoms with E-state index in [0.717, 1.165) is 39.4 Å². The van der Waals surface area contributed by atoms with Gasteiger partial charge in [-0.05, 0) is 104 Å². The van der Waals surface area contributed by atoms with Crippen LogP contribution in [0.25, 0.3) is 93.9 Å². The third-order valence-electron chi connectivity index (χ3n) is 13.0. The van der Waals surface area contributed by atoms with Gasteiger partial charge in [-0.1, -0.05) is 218 Å². The number of nitrogens with zero attached hydrogens (tertiary/aromatic N) is 2. The van der Waals surface area contributed by atoms with Crippen LogP contribution < -0.4 is 4.90 Å². The minimum absolute atomic E-state index is 1.07. The lowest BCUT2D eigenvalue weighted by molar-refractivity contribution is 1.18. The molecule has 2 nitrogen and oxygen atoms in total. The van der Waals surface area contributed by atoms with E-state index < -0.39 is 0 Å². The molecule has 0 saturated carbocycles. The minimum Gasteiger partial charge on any atom is -0.310 e. The van der Waals surface area contributed by atoms with E-state index in [2.05, 4.69) is 276 Å². The van der Waals surface area contributed by atoms with Gasteiger partial charge >= 0.3 is 0 Å². The second kappa shape index (κ2) is 16.8. The minimum atomic E-state index is 1.07. The van der Waals surface area contributed by atoms with Gasteiger partial charge in [0.1, 0.15) is 0 Å². The molecule has 0 saturated heterocycles.